The van der Waals surface area contributed by atoms with Crippen LogP contribution in [-0.4, -0.2) is 4.98 Å². The fourth-order valence-corrected chi connectivity index (χ4v) is 1.32. The lowest BCUT2D eigenvalue weighted by atomic mass is 10.2. The van der Waals surface area contributed by atoms with Gasteiger partial charge in [-0.05, 0) is 12.5 Å². The third-order valence-electron chi connectivity index (χ3n) is 1.80. The van der Waals surface area contributed by atoms with Gasteiger partial charge in [-0.3, -0.25) is 0 Å². The van der Waals surface area contributed by atoms with Gasteiger partial charge in [0.15, 0.2) is 0 Å². The van der Waals surface area contributed by atoms with E-state index in [0.29, 0.717) is 0 Å². The molecule has 13 heavy (non-hydrogen) atoms. The topological polar surface area (TPSA) is 24.9 Å². The summed E-state index contributed by atoms with van der Waals surface area (Å²) in [7, 11) is 0. The molecule has 0 radical (unpaired) electrons. The highest BCUT2D eigenvalue weighted by Crippen LogP contribution is 2.24. The van der Waals surface area contributed by atoms with Gasteiger partial charge in [0.25, 0.3) is 0 Å². The quantitative estimate of drug-likeness (QED) is 0.657. The van der Waals surface area contributed by atoms with Crippen molar-refractivity contribution in [3.63, 3.8) is 0 Å². The van der Waals surface area contributed by atoms with Crippen LogP contribution in [0.5, 0.6) is 0 Å². The minimum absolute atomic E-state index is 0.921. The number of anilines is 1. The fraction of sp³-hybridized carbons (Fsp3) is 0.364. The van der Waals surface area contributed by atoms with Crippen LogP contribution in [-0.2, 0) is 6.42 Å². The van der Waals surface area contributed by atoms with Gasteiger partial charge in [-0.1, -0.05) is 26.5 Å². The summed E-state index contributed by atoms with van der Waals surface area (Å²) in [6, 6.07) is 2.15. The van der Waals surface area contributed by atoms with Gasteiger partial charge in [-0.15, -0.1) is 0 Å². The van der Waals surface area contributed by atoms with Crippen molar-refractivity contribution in [2.45, 2.75) is 27.2 Å². The third-order valence-corrected chi connectivity index (χ3v) is 1.80. The van der Waals surface area contributed by atoms with Crippen molar-refractivity contribution in [3.05, 3.63) is 35.7 Å². The van der Waals surface area contributed by atoms with E-state index in [1.807, 2.05) is 27.0 Å². The molecule has 1 aromatic rings. The van der Waals surface area contributed by atoms with Crippen LogP contribution in [0.2, 0.25) is 0 Å². The predicted molar refractivity (Wildman–Crippen MR) is 56.8 cm³/mol. The lowest BCUT2D eigenvalue weighted by Gasteiger charge is -1.97. The Labute approximate surface area is 79.7 Å². The Morgan fingerprint density at radius 2 is 2.15 bits per heavy atom. The molecule has 70 valence electrons. The van der Waals surface area contributed by atoms with Gasteiger partial charge in [0.1, 0.15) is 5.82 Å². The second kappa shape index (κ2) is 4.08. The van der Waals surface area contributed by atoms with Crippen molar-refractivity contribution < 1.29 is 0 Å². The highest BCUT2D eigenvalue weighted by molar-refractivity contribution is 5.56. The molecule has 0 bridgehead atoms. The molecule has 0 atom stereocenters. The van der Waals surface area contributed by atoms with E-state index >= 15 is 0 Å². The minimum atomic E-state index is 0.921. The van der Waals surface area contributed by atoms with E-state index in [1.165, 1.54) is 11.1 Å². The van der Waals surface area contributed by atoms with Crippen LogP contribution in [0.15, 0.2) is 24.5 Å². The molecule has 0 amide bonds. The zero-order valence-corrected chi connectivity index (χ0v) is 8.52. The molecular formula is C11H16N2. The molecule has 1 aliphatic rings. The van der Waals surface area contributed by atoms with Crippen molar-refractivity contribution in [1.29, 1.82) is 0 Å². The van der Waals surface area contributed by atoms with Gasteiger partial charge in [-0.25, -0.2) is 4.98 Å². The van der Waals surface area contributed by atoms with Gasteiger partial charge in [0, 0.05) is 23.9 Å². The molecule has 0 fully saturated rings. The van der Waals surface area contributed by atoms with Crippen molar-refractivity contribution in [2.24, 2.45) is 0 Å². The van der Waals surface area contributed by atoms with E-state index in [9.17, 15) is 0 Å². The largest absolute Gasteiger partial charge is 0.344 e. The van der Waals surface area contributed by atoms with E-state index in [4.69, 9.17) is 0 Å². The normalized spacial score (nSPS) is 12.7. The Morgan fingerprint density at radius 1 is 1.46 bits per heavy atom. The zero-order chi connectivity index (χ0) is 9.84. The lowest BCUT2D eigenvalue weighted by molar-refractivity contribution is 1.22. The molecule has 0 spiro atoms. The monoisotopic (exact) mass is 176 g/mol. The van der Waals surface area contributed by atoms with E-state index < -0.39 is 0 Å². The Hall–Kier alpha value is -1.31. The average Bonchev–Trinajstić information content (AvgIpc) is 2.48. The SMILES string of the molecule is C=C1Cc2cc(C)cnc2N1.CC. The summed E-state index contributed by atoms with van der Waals surface area (Å²) in [4.78, 5) is 4.24. The maximum atomic E-state index is 4.24. The summed E-state index contributed by atoms with van der Waals surface area (Å²) >= 11 is 0. The first-order chi connectivity index (χ1) is 6.25. The molecule has 1 aliphatic heterocycles. The van der Waals surface area contributed by atoms with Crippen LogP contribution in [0.1, 0.15) is 25.0 Å². The highest BCUT2D eigenvalue weighted by Gasteiger charge is 2.13. The molecule has 0 saturated heterocycles. The maximum Gasteiger partial charge on any atom is 0.133 e. The summed E-state index contributed by atoms with van der Waals surface area (Å²) in [6.07, 6.45) is 2.79. The van der Waals surface area contributed by atoms with E-state index in [-0.39, 0.29) is 0 Å². The molecular weight excluding hydrogens is 160 g/mol. The predicted octanol–water partition coefficient (Wildman–Crippen LogP) is 2.90. The van der Waals surface area contributed by atoms with Crippen molar-refractivity contribution >= 4 is 5.82 Å². The number of nitrogens with one attached hydrogen (secondary N) is 1. The second-order valence-electron chi connectivity index (χ2n) is 2.93. The Balaban J connectivity index is 0.000000396. The average molecular weight is 176 g/mol. The molecule has 0 saturated carbocycles. The Morgan fingerprint density at radius 3 is 2.85 bits per heavy atom. The molecule has 0 aliphatic carbocycles. The van der Waals surface area contributed by atoms with E-state index in [1.54, 1.807) is 0 Å². The highest BCUT2D eigenvalue weighted by atomic mass is 15.0. The smallest absolute Gasteiger partial charge is 0.133 e. The molecule has 1 aromatic heterocycles. The first-order valence-corrected chi connectivity index (χ1v) is 4.66. The summed E-state index contributed by atoms with van der Waals surface area (Å²) < 4.78 is 0. The summed E-state index contributed by atoms with van der Waals surface area (Å²) in [5.41, 5.74) is 3.51. The first kappa shape index (κ1) is 9.78. The van der Waals surface area contributed by atoms with Gasteiger partial charge in [0.2, 0.25) is 0 Å². The maximum absolute atomic E-state index is 4.24. The van der Waals surface area contributed by atoms with Crippen molar-refractivity contribution in [1.82, 2.24) is 4.98 Å². The molecule has 0 aromatic carbocycles. The van der Waals surface area contributed by atoms with Crippen LogP contribution >= 0.6 is 0 Å². The van der Waals surface area contributed by atoms with Crippen molar-refractivity contribution in [3.8, 4) is 0 Å². The third kappa shape index (κ3) is 2.08. The summed E-state index contributed by atoms with van der Waals surface area (Å²) in [5.74, 6) is 0.973. The molecule has 2 nitrogen and oxygen atoms in total. The van der Waals surface area contributed by atoms with Crippen LogP contribution in [0.3, 0.4) is 0 Å². The van der Waals surface area contributed by atoms with E-state index in [2.05, 4.69) is 22.9 Å². The number of nitrogens with zero attached hydrogens (tertiary/aromatic N) is 1. The summed E-state index contributed by atoms with van der Waals surface area (Å²) in [6.45, 7) is 9.90. The molecule has 2 heterocycles. The number of aromatic nitrogens is 1. The fourth-order valence-electron chi connectivity index (χ4n) is 1.32. The minimum Gasteiger partial charge on any atom is -0.344 e. The van der Waals surface area contributed by atoms with Crippen LogP contribution in [0.4, 0.5) is 5.82 Å². The molecule has 0 unspecified atom stereocenters. The summed E-state index contributed by atoms with van der Waals surface area (Å²) in [5, 5.41) is 3.12. The van der Waals surface area contributed by atoms with Crippen LogP contribution < -0.4 is 5.32 Å². The number of pyridine rings is 1. The number of hydrogen-bond acceptors (Lipinski definition) is 2. The number of fused-ring (bicyclic) bond motifs is 1. The number of rotatable bonds is 0. The van der Waals surface area contributed by atoms with Crippen LogP contribution in [0, 0.1) is 6.92 Å². The van der Waals surface area contributed by atoms with Gasteiger partial charge >= 0.3 is 0 Å². The Bertz CT molecular complexity index is 316. The standard InChI is InChI=1S/C9H10N2.C2H6/c1-6-3-8-4-7(2)11-9(8)10-5-6;1-2/h3,5H,2,4H2,1H3,(H,10,11);1-2H3. The number of aryl methyl sites for hydroxylation is 1. The number of allylic oxidation sites excluding steroid dienone is 1. The number of hydrogen-bond donors (Lipinski definition) is 1. The van der Waals surface area contributed by atoms with Crippen molar-refractivity contribution in [2.75, 3.05) is 5.32 Å². The molecule has 1 N–H and O–H groups in total. The van der Waals surface area contributed by atoms with Gasteiger partial charge in [-0.2, -0.15) is 0 Å². The Kier molecular flexibility index (Phi) is 3.07. The van der Waals surface area contributed by atoms with Gasteiger partial charge in [0.05, 0.1) is 0 Å². The van der Waals surface area contributed by atoms with Crippen LogP contribution in [0.25, 0.3) is 0 Å². The second-order valence-corrected chi connectivity index (χ2v) is 2.93. The zero-order valence-electron chi connectivity index (χ0n) is 8.52. The molecule has 2 rings (SSSR count). The first-order valence-electron chi connectivity index (χ1n) is 4.66. The molecule has 2 heteroatoms. The van der Waals surface area contributed by atoms with E-state index in [0.717, 1.165) is 17.9 Å². The lowest BCUT2D eigenvalue weighted by Crippen LogP contribution is -1.89. The van der Waals surface area contributed by atoms with Gasteiger partial charge < -0.3 is 5.32 Å².